The number of sulfonamides is 1. The molecule has 13 nitrogen and oxygen atoms in total. The van der Waals surface area contributed by atoms with Crippen LogP contribution in [0.25, 0.3) is 16.6 Å². The van der Waals surface area contributed by atoms with E-state index < -0.39 is 15.9 Å². The average Bonchev–Trinajstić information content (AvgIpc) is 3.72. The summed E-state index contributed by atoms with van der Waals surface area (Å²) in [5.74, 6) is 0.304. The fourth-order valence-electron chi connectivity index (χ4n) is 8.23. The SMILES string of the molecule is CC1(C)CCC(CN2CCN(c3ccc(C(=O)NS(=O)(=O)c4cnc(NCC5CCOCC5)c(C#N)c4)c(Oc4cnc5[nH]ccc5c4)c3)CC2)=C(c2ccc(Cl)cc2)C1. The number of hydrogen-bond donors (Lipinski definition) is 3. The van der Waals surface area contributed by atoms with E-state index in [1.54, 1.807) is 30.6 Å². The van der Waals surface area contributed by atoms with Gasteiger partial charge in [-0.2, -0.15) is 5.26 Å². The monoisotopic (exact) mass is 848 g/mol. The first kappa shape index (κ1) is 41.3. The van der Waals surface area contributed by atoms with E-state index in [1.165, 1.54) is 22.8 Å². The number of piperazine rings is 1. The minimum atomic E-state index is -4.44. The molecule has 312 valence electrons. The summed E-state index contributed by atoms with van der Waals surface area (Å²) < 4.78 is 41.2. The van der Waals surface area contributed by atoms with Crippen molar-refractivity contribution in [2.45, 2.75) is 50.8 Å². The summed E-state index contributed by atoms with van der Waals surface area (Å²) in [6.45, 7) is 10.7. The maximum absolute atomic E-state index is 13.9. The molecule has 0 radical (unpaired) electrons. The summed E-state index contributed by atoms with van der Waals surface area (Å²) in [4.78, 5) is 30.1. The van der Waals surface area contributed by atoms with Gasteiger partial charge in [0.15, 0.2) is 0 Å². The number of nitrogens with one attached hydrogen (secondary N) is 3. The number of benzene rings is 2. The van der Waals surface area contributed by atoms with Crippen molar-refractivity contribution in [1.29, 1.82) is 5.26 Å². The Balaban J connectivity index is 0.995. The van der Waals surface area contributed by atoms with E-state index in [0.717, 1.165) is 87.1 Å². The zero-order valence-electron chi connectivity index (χ0n) is 33.8. The normalized spacial score (nSPS) is 17.7. The number of anilines is 2. The number of aromatic nitrogens is 3. The molecule has 5 aromatic rings. The molecule has 2 saturated heterocycles. The molecule has 60 heavy (non-hydrogen) atoms. The van der Waals surface area contributed by atoms with E-state index >= 15 is 0 Å². The number of hydrogen-bond acceptors (Lipinski definition) is 11. The molecule has 1 aliphatic carbocycles. The third-order valence-electron chi connectivity index (χ3n) is 11.8. The van der Waals surface area contributed by atoms with Crippen molar-refractivity contribution < 1.29 is 22.7 Å². The summed E-state index contributed by atoms with van der Waals surface area (Å²) in [7, 11) is -4.44. The van der Waals surface area contributed by atoms with Crippen molar-refractivity contribution >= 4 is 55.6 Å². The summed E-state index contributed by atoms with van der Waals surface area (Å²) in [6, 6.07) is 20.3. The van der Waals surface area contributed by atoms with Crippen LogP contribution < -0.4 is 19.7 Å². The van der Waals surface area contributed by atoms with Gasteiger partial charge in [-0.1, -0.05) is 43.2 Å². The number of carbonyl (C=O) groups is 1. The number of halogens is 1. The Labute approximate surface area is 355 Å². The molecule has 3 aliphatic rings. The summed E-state index contributed by atoms with van der Waals surface area (Å²) >= 11 is 6.24. The number of carbonyl (C=O) groups excluding carboxylic acids is 1. The molecule has 8 rings (SSSR count). The van der Waals surface area contributed by atoms with Gasteiger partial charge in [0.2, 0.25) is 0 Å². The first-order valence-corrected chi connectivity index (χ1v) is 22.3. The quantitative estimate of drug-likeness (QED) is 0.111. The van der Waals surface area contributed by atoms with Crippen LogP contribution in [0.2, 0.25) is 5.02 Å². The van der Waals surface area contributed by atoms with Crippen molar-refractivity contribution in [3.05, 3.63) is 107 Å². The number of nitrogens with zero attached hydrogens (tertiary/aromatic N) is 5. The van der Waals surface area contributed by atoms with Crippen LogP contribution in [0.4, 0.5) is 11.5 Å². The van der Waals surface area contributed by atoms with Gasteiger partial charge in [0.25, 0.3) is 15.9 Å². The van der Waals surface area contributed by atoms with Crippen molar-refractivity contribution in [2.75, 3.05) is 62.7 Å². The van der Waals surface area contributed by atoms with Crippen molar-refractivity contribution in [1.82, 2.24) is 24.6 Å². The van der Waals surface area contributed by atoms with Gasteiger partial charge < -0.3 is 24.7 Å². The van der Waals surface area contributed by atoms with Gasteiger partial charge in [-0.15, -0.1) is 0 Å². The number of allylic oxidation sites excluding steroid dienone is 1. The molecule has 2 aromatic carbocycles. The van der Waals surface area contributed by atoms with Crippen molar-refractivity contribution in [3.63, 3.8) is 0 Å². The third-order valence-corrected chi connectivity index (χ3v) is 13.3. The highest BCUT2D eigenvalue weighted by Crippen LogP contribution is 2.43. The second-order valence-corrected chi connectivity index (χ2v) is 18.7. The molecule has 0 unspecified atom stereocenters. The lowest BCUT2D eigenvalue weighted by molar-refractivity contribution is 0.0699. The number of nitriles is 1. The van der Waals surface area contributed by atoms with Crippen LogP contribution in [-0.4, -0.2) is 86.7 Å². The van der Waals surface area contributed by atoms with Crippen LogP contribution in [0.1, 0.15) is 67.4 Å². The highest BCUT2D eigenvalue weighted by molar-refractivity contribution is 7.90. The lowest BCUT2D eigenvalue weighted by atomic mass is 9.72. The largest absolute Gasteiger partial charge is 0.455 e. The highest BCUT2D eigenvalue weighted by Gasteiger charge is 2.30. The molecular weight excluding hydrogens is 800 g/mol. The van der Waals surface area contributed by atoms with Gasteiger partial charge in [0, 0.05) is 87.0 Å². The first-order chi connectivity index (χ1) is 28.9. The van der Waals surface area contributed by atoms with E-state index in [-0.39, 0.29) is 33.0 Å². The Kier molecular flexibility index (Phi) is 12.1. The maximum atomic E-state index is 13.9. The summed E-state index contributed by atoms with van der Waals surface area (Å²) in [5, 5.41) is 14.6. The van der Waals surface area contributed by atoms with Gasteiger partial charge in [-0.3, -0.25) is 9.69 Å². The van der Waals surface area contributed by atoms with E-state index in [0.29, 0.717) is 37.1 Å². The van der Waals surface area contributed by atoms with E-state index in [4.69, 9.17) is 21.1 Å². The molecule has 3 N–H and O–H groups in total. The molecule has 0 bridgehead atoms. The Hall–Kier alpha value is -5.46. The van der Waals surface area contributed by atoms with Crippen LogP contribution in [0.5, 0.6) is 11.5 Å². The predicted octanol–water partition coefficient (Wildman–Crippen LogP) is 8.02. The zero-order valence-corrected chi connectivity index (χ0v) is 35.4. The Morgan fingerprint density at radius 1 is 1.03 bits per heavy atom. The molecule has 0 saturated carbocycles. The van der Waals surface area contributed by atoms with Crippen LogP contribution in [0.15, 0.2) is 89.7 Å². The number of amides is 1. The number of rotatable bonds is 12. The van der Waals surface area contributed by atoms with Crippen LogP contribution in [-0.2, 0) is 14.8 Å². The Morgan fingerprint density at radius 3 is 2.58 bits per heavy atom. The van der Waals surface area contributed by atoms with Crippen molar-refractivity contribution in [2.24, 2.45) is 11.3 Å². The Bertz CT molecular complexity index is 2550. The smallest absolute Gasteiger partial charge is 0.268 e. The van der Waals surface area contributed by atoms with Crippen molar-refractivity contribution in [3.8, 4) is 17.6 Å². The van der Waals surface area contributed by atoms with Crippen LogP contribution in [0.3, 0.4) is 0 Å². The lowest BCUT2D eigenvalue weighted by Gasteiger charge is -2.39. The van der Waals surface area contributed by atoms with Gasteiger partial charge in [-0.05, 0) is 97.0 Å². The molecule has 1 amide bonds. The van der Waals surface area contributed by atoms with E-state index in [1.807, 2.05) is 30.3 Å². The molecule has 5 heterocycles. The lowest BCUT2D eigenvalue weighted by Crippen LogP contribution is -2.47. The van der Waals surface area contributed by atoms with Gasteiger partial charge >= 0.3 is 0 Å². The maximum Gasteiger partial charge on any atom is 0.268 e. The van der Waals surface area contributed by atoms with Gasteiger partial charge in [0.1, 0.15) is 33.9 Å². The summed E-state index contributed by atoms with van der Waals surface area (Å²) in [6.07, 6.45) is 9.48. The molecule has 3 aromatic heterocycles. The highest BCUT2D eigenvalue weighted by atomic mass is 35.5. The third kappa shape index (κ3) is 9.61. The van der Waals surface area contributed by atoms with Gasteiger partial charge in [-0.25, -0.2) is 23.1 Å². The number of H-pyrrole nitrogens is 1. The molecule has 15 heteroatoms. The minimum absolute atomic E-state index is 0.0141. The number of pyridine rings is 2. The van der Waals surface area contributed by atoms with E-state index in [9.17, 15) is 18.5 Å². The number of fused-ring (bicyclic) bond motifs is 1. The predicted molar refractivity (Wildman–Crippen MR) is 233 cm³/mol. The fraction of sp³-hybridized carbons (Fsp3) is 0.378. The first-order valence-electron chi connectivity index (χ1n) is 20.4. The minimum Gasteiger partial charge on any atom is -0.455 e. The van der Waals surface area contributed by atoms with Crippen LogP contribution in [0, 0.1) is 22.7 Å². The second kappa shape index (κ2) is 17.6. The molecule has 0 spiro atoms. The standard InChI is InChI=1S/C45H49ClN8O5S/c1-45(2)13-9-33(40(24-45)31-3-5-35(46)6-4-31)29-53-15-17-54(18-16-53)36-7-8-39(41(23-36)59-37-21-32-10-14-48-42(32)50-27-37)44(55)52-60(56,57)38-22-34(25-47)43(51-28-38)49-26-30-11-19-58-20-12-30/h3-8,10,14,21-23,27-28,30H,9,11-13,15-20,24,26,29H2,1-2H3,(H,48,50)(H,49,51)(H,52,55). The zero-order chi connectivity index (χ0) is 41.9. The molecule has 2 aliphatic heterocycles. The number of ether oxygens (including phenoxy) is 2. The Morgan fingerprint density at radius 2 is 1.82 bits per heavy atom. The molecule has 2 fully saturated rings. The average molecular weight is 849 g/mol. The van der Waals surface area contributed by atoms with Crippen LogP contribution >= 0.6 is 11.6 Å². The molecule has 0 atom stereocenters. The summed E-state index contributed by atoms with van der Waals surface area (Å²) in [5.41, 5.74) is 5.98. The van der Waals surface area contributed by atoms with Gasteiger partial charge in [0.05, 0.1) is 17.3 Å². The molecular formula is C45H49ClN8O5S. The van der Waals surface area contributed by atoms with E-state index in [2.05, 4.69) is 60.8 Å². The fourth-order valence-corrected chi connectivity index (χ4v) is 9.29. The second-order valence-electron chi connectivity index (χ2n) is 16.6. The topological polar surface area (TPSA) is 166 Å². The number of aromatic amines is 1.